The highest BCUT2D eigenvalue weighted by Gasteiger charge is 2.22. The molecule has 0 amide bonds. The van der Waals surface area contributed by atoms with E-state index in [1.165, 1.54) is 0 Å². The van der Waals surface area contributed by atoms with Crippen LogP contribution in [0.1, 0.15) is 11.5 Å². The topological polar surface area (TPSA) is 71.4 Å². The van der Waals surface area contributed by atoms with Crippen molar-refractivity contribution in [2.75, 3.05) is 0 Å². The summed E-state index contributed by atoms with van der Waals surface area (Å²) in [5, 5.41) is 26.4. The van der Waals surface area contributed by atoms with Crippen LogP contribution in [-0.2, 0) is 0 Å². The number of hydrogen-bond donors (Lipinski definition) is 0. The van der Waals surface area contributed by atoms with Crippen molar-refractivity contribution in [3.8, 4) is 18.2 Å². The highest BCUT2D eigenvalue weighted by Crippen LogP contribution is 2.23. The Morgan fingerprint density at radius 2 is 1.47 bits per heavy atom. The number of rotatable bonds is 2. The molecule has 1 aromatic rings. The zero-order valence-corrected chi connectivity index (χ0v) is 9.84. The van der Waals surface area contributed by atoms with Crippen molar-refractivity contribution in [2.45, 2.75) is 5.92 Å². The molecule has 0 aliphatic rings. The van der Waals surface area contributed by atoms with Gasteiger partial charge in [-0.15, -0.1) is 0 Å². The lowest BCUT2D eigenvalue weighted by Gasteiger charge is -2.08. The van der Waals surface area contributed by atoms with Gasteiger partial charge in [-0.3, -0.25) is 0 Å². The van der Waals surface area contributed by atoms with Gasteiger partial charge in [0, 0.05) is 3.57 Å². The van der Waals surface area contributed by atoms with Crippen LogP contribution in [0.15, 0.2) is 24.3 Å². The molecule has 0 saturated carbocycles. The van der Waals surface area contributed by atoms with E-state index in [4.69, 9.17) is 15.8 Å². The summed E-state index contributed by atoms with van der Waals surface area (Å²) in [5.74, 6) is -1.58. The molecule has 0 aliphatic heterocycles. The van der Waals surface area contributed by atoms with Crippen molar-refractivity contribution in [2.24, 2.45) is 5.92 Å². The van der Waals surface area contributed by atoms with Crippen molar-refractivity contribution >= 4 is 22.6 Å². The first-order valence-corrected chi connectivity index (χ1v) is 5.25. The summed E-state index contributed by atoms with van der Waals surface area (Å²) in [7, 11) is 0. The first-order valence-electron chi connectivity index (χ1n) is 4.17. The first kappa shape index (κ1) is 11.5. The van der Waals surface area contributed by atoms with E-state index in [1.807, 2.05) is 30.3 Å². The molecule has 0 fully saturated rings. The van der Waals surface area contributed by atoms with Crippen molar-refractivity contribution in [3.63, 3.8) is 0 Å². The number of benzene rings is 1. The van der Waals surface area contributed by atoms with Crippen molar-refractivity contribution in [3.05, 3.63) is 33.4 Å². The largest absolute Gasteiger partial charge is 0.198 e. The molecular formula is C11H6IN3. The molecule has 1 atom stereocenters. The molecule has 0 heterocycles. The molecule has 1 rings (SSSR count). The van der Waals surface area contributed by atoms with E-state index < -0.39 is 11.8 Å². The van der Waals surface area contributed by atoms with E-state index in [0.29, 0.717) is 5.56 Å². The fraction of sp³-hybridized carbons (Fsp3) is 0.182. The first-order chi connectivity index (χ1) is 7.22. The fourth-order valence-electron chi connectivity index (χ4n) is 1.19. The maximum Gasteiger partial charge on any atom is 0.153 e. The molecule has 0 saturated heterocycles. The van der Waals surface area contributed by atoms with E-state index in [2.05, 4.69) is 22.6 Å². The molecule has 0 unspecified atom stereocenters. The van der Waals surface area contributed by atoms with E-state index in [0.717, 1.165) is 3.57 Å². The van der Waals surface area contributed by atoms with E-state index in [1.54, 1.807) is 12.1 Å². The van der Waals surface area contributed by atoms with Gasteiger partial charge in [0.1, 0.15) is 5.92 Å². The van der Waals surface area contributed by atoms with Gasteiger partial charge in [-0.1, -0.05) is 12.1 Å². The van der Waals surface area contributed by atoms with Gasteiger partial charge in [0.15, 0.2) is 5.92 Å². The van der Waals surface area contributed by atoms with E-state index in [-0.39, 0.29) is 0 Å². The Labute approximate surface area is 102 Å². The minimum Gasteiger partial charge on any atom is -0.198 e. The summed E-state index contributed by atoms with van der Waals surface area (Å²) in [6, 6.07) is 12.9. The molecule has 72 valence electrons. The SMILES string of the molecule is N#CC(C#N)[C@@H](C#N)c1ccc(I)cc1. The maximum absolute atomic E-state index is 8.93. The molecule has 0 spiro atoms. The third kappa shape index (κ3) is 2.68. The Hall–Kier alpha value is -1.58. The Bertz CT molecular complexity index is 445. The summed E-state index contributed by atoms with van der Waals surface area (Å²) >= 11 is 2.15. The monoisotopic (exact) mass is 307 g/mol. The minimum absolute atomic E-state index is 0.669. The molecule has 15 heavy (non-hydrogen) atoms. The van der Waals surface area contributed by atoms with Crippen LogP contribution in [0.5, 0.6) is 0 Å². The van der Waals surface area contributed by atoms with Crippen LogP contribution in [0.2, 0.25) is 0 Å². The second kappa shape index (κ2) is 5.34. The van der Waals surface area contributed by atoms with E-state index >= 15 is 0 Å². The van der Waals surface area contributed by atoms with Gasteiger partial charge in [0.2, 0.25) is 0 Å². The van der Waals surface area contributed by atoms with Crippen LogP contribution in [0.3, 0.4) is 0 Å². The molecule has 0 bridgehead atoms. The van der Waals surface area contributed by atoms with Gasteiger partial charge in [0.05, 0.1) is 18.2 Å². The number of hydrogen-bond acceptors (Lipinski definition) is 3. The maximum atomic E-state index is 8.93. The van der Waals surface area contributed by atoms with Gasteiger partial charge in [-0.05, 0) is 40.3 Å². The van der Waals surface area contributed by atoms with Crippen LogP contribution < -0.4 is 0 Å². The summed E-state index contributed by atoms with van der Waals surface area (Å²) in [6.45, 7) is 0. The lowest BCUT2D eigenvalue weighted by Crippen LogP contribution is -2.07. The highest BCUT2D eigenvalue weighted by molar-refractivity contribution is 14.1. The van der Waals surface area contributed by atoms with Crippen LogP contribution in [-0.4, -0.2) is 0 Å². The predicted molar refractivity (Wildman–Crippen MR) is 62.2 cm³/mol. The smallest absolute Gasteiger partial charge is 0.153 e. The number of nitrogens with zero attached hydrogens (tertiary/aromatic N) is 3. The lowest BCUT2D eigenvalue weighted by atomic mass is 9.89. The lowest BCUT2D eigenvalue weighted by molar-refractivity contribution is 0.744. The highest BCUT2D eigenvalue weighted by atomic mass is 127. The molecule has 0 aliphatic carbocycles. The second-order valence-electron chi connectivity index (χ2n) is 2.89. The van der Waals surface area contributed by atoms with Crippen LogP contribution in [0.4, 0.5) is 0 Å². The molecule has 0 aromatic heterocycles. The Morgan fingerprint density at radius 3 is 1.87 bits per heavy atom. The zero-order chi connectivity index (χ0) is 11.3. The van der Waals surface area contributed by atoms with Crippen molar-refractivity contribution < 1.29 is 0 Å². The minimum atomic E-state index is -0.907. The van der Waals surface area contributed by atoms with Crippen molar-refractivity contribution in [1.82, 2.24) is 0 Å². The Morgan fingerprint density at radius 1 is 0.933 bits per heavy atom. The van der Waals surface area contributed by atoms with Gasteiger partial charge >= 0.3 is 0 Å². The van der Waals surface area contributed by atoms with Crippen LogP contribution in [0.25, 0.3) is 0 Å². The third-order valence-electron chi connectivity index (χ3n) is 1.98. The average molecular weight is 307 g/mol. The molecule has 1 aromatic carbocycles. The van der Waals surface area contributed by atoms with E-state index in [9.17, 15) is 0 Å². The predicted octanol–water partition coefficient (Wildman–Crippen LogP) is 2.56. The molecule has 0 N–H and O–H groups in total. The molecular weight excluding hydrogens is 301 g/mol. The summed E-state index contributed by atoms with van der Waals surface area (Å²) < 4.78 is 1.05. The zero-order valence-electron chi connectivity index (χ0n) is 7.68. The summed E-state index contributed by atoms with van der Waals surface area (Å²) in [4.78, 5) is 0. The van der Waals surface area contributed by atoms with Gasteiger partial charge < -0.3 is 0 Å². The number of halogens is 1. The summed E-state index contributed by atoms with van der Waals surface area (Å²) in [5.41, 5.74) is 0.714. The van der Waals surface area contributed by atoms with Gasteiger partial charge in [-0.25, -0.2) is 0 Å². The fourth-order valence-corrected chi connectivity index (χ4v) is 1.55. The third-order valence-corrected chi connectivity index (χ3v) is 2.70. The van der Waals surface area contributed by atoms with Gasteiger partial charge in [-0.2, -0.15) is 15.8 Å². The average Bonchev–Trinajstić information content (AvgIpc) is 2.27. The van der Waals surface area contributed by atoms with Crippen LogP contribution >= 0.6 is 22.6 Å². The molecule has 0 radical (unpaired) electrons. The second-order valence-corrected chi connectivity index (χ2v) is 4.14. The summed E-state index contributed by atoms with van der Waals surface area (Å²) in [6.07, 6.45) is 0. The standard InChI is InChI=1S/C11H6IN3/c12-10-3-1-8(2-4-10)11(7-15)9(5-13)6-14/h1-4,9,11H/t11-/m0/s1. The molecule has 4 heteroatoms. The molecule has 3 nitrogen and oxygen atoms in total. The Balaban J connectivity index is 3.06. The Kier molecular flexibility index (Phi) is 4.09. The van der Waals surface area contributed by atoms with Crippen LogP contribution in [0, 0.1) is 43.5 Å². The quantitative estimate of drug-likeness (QED) is 0.788. The van der Waals surface area contributed by atoms with Gasteiger partial charge in [0.25, 0.3) is 0 Å². The number of nitriles is 3. The van der Waals surface area contributed by atoms with Crippen molar-refractivity contribution in [1.29, 1.82) is 15.8 Å². The normalized spacial score (nSPS) is 11.1.